The van der Waals surface area contributed by atoms with E-state index in [1.54, 1.807) is 0 Å². The van der Waals surface area contributed by atoms with E-state index in [1.165, 1.54) is 0 Å². The van der Waals surface area contributed by atoms with Gasteiger partial charge in [0.15, 0.2) is 0 Å². The molecule has 0 aromatic heterocycles. The first-order valence-corrected chi connectivity index (χ1v) is 8.28. The van der Waals surface area contributed by atoms with Gasteiger partial charge >= 0.3 is 0 Å². The third-order valence-corrected chi connectivity index (χ3v) is 5.15. The Balaban J connectivity index is 4.94. The second-order valence-corrected chi connectivity index (χ2v) is 8.30. The monoisotopic (exact) mass is 262 g/mol. The molecule has 0 bridgehead atoms. The topological polar surface area (TPSA) is 57.5 Å². The van der Waals surface area contributed by atoms with Crippen molar-refractivity contribution in [2.24, 2.45) is 10.8 Å². The summed E-state index contributed by atoms with van der Waals surface area (Å²) in [5, 5.41) is 0. The highest BCUT2D eigenvalue weighted by atomic mass is 31.2. The Labute approximate surface area is 107 Å². The van der Waals surface area contributed by atoms with Gasteiger partial charge in [0, 0.05) is 0 Å². The van der Waals surface area contributed by atoms with Crippen molar-refractivity contribution in [2.45, 2.75) is 66.6 Å². The van der Waals surface area contributed by atoms with Crippen LogP contribution in [0.5, 0.6) is 0 Å². The van der Waals surface area contributed by atoms with E-state index in [9.17, 15) is 14.4 Å². The van der Waals surface area contributed by atoms with Gasteiger partial charge < -0.3 is 9.79 Å². The lowest BCUT2D eigenvalue weighted by Gasteiger charge is -2.38. The molecular formula is C12H28BO3P. The Morgan fingerprint density at radius 3 is 1.88 bits per heavy atom. The maximum absolute atomic E-state index is 11.3. The summed E-state index contributed by atoms with van der Waals surface area (Å²) in [6, 6.07) is 0. The first-order chi connectivity index (χ1) is 7.43. The fraction of sp³-hybridized carbons (Fsp3) is 1.00. The second-order valence-electron chi connectivity index (χ2n) is 6.61. The van der Waals surface area contributed by atoms with Crippen molar-refractivity contribution in [1.82, 2.24) is 0 Å². The Bertz CT molecular complexity index is 283. The highest BCUT2D eigenvalue weighted by Crippen LogP contribution is 2.50. The summed E-state index contributed by atoms with van der Waals surface area (Å²) in [6.07, 6.45) is 2.84. The van der Waals surface area contributed by atoms with E-state index in [1.807, 2.05) is 0 Å². The fourth-order valence-corrected chi connectivity index (χ4v) is 3.17. The molecule has 1 atom stereocenters. The maximum atomic E-state index is 11.3. The molecule has 1 unspecified atom stereocenters. The summed E-state index contributed by atoms with van der Waals surface area (Å²) in [7, 11) is -3.93. The largest absolute Gasteiger partial charge is 0.332 e. The first-order valence-electron chi connectivity index (χ1n) is 6.48. The summed E-state index contributed by atoms with van der Waals surface area (Å²) >= 11 is 0. The molecule has 17 heavy (non-hydrogen) atoms. The van der Waals surface area contributed by atoms with E-state index in [-0.39, 0.29) is 23.6 Å². The lowest BCUT2D eigenvalue weighted by atomic mass is 9.59. The molecule has 102 valence electrons. The van der Waals surface area contributed by atoms with E-state index in [0.29, 0.717) is 0 Å². The van der Waals surface area contributed by atoms with Crippen molar-refractivity contribution in [3.8, 4) is 0 Å². The minimum atomic E-state index is -3.93. The lowest BCUT2D eigenvalue weighted by molar-refractivity contribution is 0.227. The van der Waals surface area contributed by atoms with E-state index in [0.717, 1.165) is 19.3 Å². The number of hydrogen-bond donors (Lipinski definition) is 2. The Morgan fingerprint density at radius 2 is 1.59 bits per heavy atom. The second kappa shape index (κ2) is 5.90. The van der Waals surface area contributed by atoms with Gasteiger partial charge in [0.1, 0.15) is 0 Å². The molecule has 0 aliphatic heterocycles. The smallest absolute Gasteiger partial charge is 0.273 e. The van der Waals surface area contributed by atoms with Crippen LogP contribution in [0, 0.1) is 10.8 Å². The molecule has 0 aliphatic carbocycles. The standard InChI is InChI=1S/C12H28BO3P/c1-7-11(3,4)9-10(12(5,6)8-2)13-17(14,15)16/h10,13H,7-9H2,1-6H3,(H2,14,15,16). The van der Waals surface area contributed by atoms with Gasteiger partial charge in [-0.1, -0.05) is 60.8 Å². The van der Waals surface area contributed by atoms with Crippen LogP contribution in [-0.2, 0) is 4.57 Å². The molecule has 3 nitrogen and oxygen atoms in total. The molecule has 0 saturated heterocycles. The van der Waals surface area contributed by atoms with Crippen LogP contribution < -0.4 is 0 Å². The predicted molar refractivity (Wildman–Crippen MR) is 75.7 cm³/mol. The molecule has 0 aliphatic rings. The van der Waals surface area contributed by atoms with Crippen LogP contribution >= 0.6 is 7.47 Å². The van der Waals surface area contributed by atoms with Gasteiger partial charge in [0.2, 0.25) is 0 Å². The molecule has 0 aromatic carbocycles. The van der Waals surface area contributed by atoms with Crippen molar-refractivity contribution in [3.05, 3.63) is 0 Å². The molecule has 0 heterocycles. The van der Waals surface area contributed by atoms with Crippen LogP contribution in [0.1, 0.15) is 60.8 Å². The zero-order chi connectivity index (χ0) is 13.9. The van der Waals surface area contributed by atoms with Crippen molar-refractivity contribution in [2.75, 3.05) is 0 Å². The normalized spacial score (nSPS) is 15.8. The molecule has 0 radical (unpaired) electrons. The summed E-state index contributed by atoms with van der Waals surface area (Å²) in [6.45, 7) is 12.8. The van der Waals surface area contributed by atoms with Gasteiger partial charge in [-0.05, 0) is 16.6 Å². The minimum Gasteiger partial charge on any atom is -0.332 e. The first kappa shape index (κ1) is 17.2. The highest BCUT2D eigenvalue weighted by Gasteiger charge is 2.37. The van der Waals surface area contributed by atoms with Crippen molar-refractivity contribution < 1.29 is 14.4 Å². The Kier molecular flexibility index (Phi) is 5.98. The van der Waals surface area contributed by atoms with E-state index in [2.05, 4.69) is 41.5 Å². The molecule has 0 rings (SSSR count). The van der Waals surface area contributed by atoms with Crippen LogP contribution in [0.25, 0.3) is 0 Å². The molecule has 2 N–H and O–H groups in total. The molecule has 5 heteroatoms. The van der Waals surface area contributed by atoms with Crippen molar-refractivity contribution >= 4 is 14.5 Å². The highest BCUT2D eigenvalue weighted by molar-refractivity contribution is 7.82. The number of hydrogen-bond acceptors (Lipinski definition) is 1. The molecule has 0 fully saturated rings. The molecule has 0 aromatic rings. The molecular weight excluding hydrogens is 234 g/mol. The summed E-state index contributed by atoms with van der Waals surface area (Å²) < 4.78 is 11.3. The molecule has 0 spiro atoms. The van der Waals surface area contributed by atoms with Gasteiger partial charge in [-0.2, -0.15) is 0 Å². The van der Waals surface area contributed by atoms with Crippen molar-refractivity contribution in [1.29, 1.82) is 0 Å². The summed E-state index contributed by atoms with van der Waals surface area (Å²) in [5.41, 5.74) is 0.125. The van der Waals surface area contributed by atoms with Crippen LogP contribution in [0.2, 0.25) is 5.82 Å². The SMILES string of the molecule is CCC(C)(C)CC(BP(=O)(O)O)C(C)(C)CC. The van der Waals surface area contributed by atoms with Crippen LogP contribution in [0.3, 0.4) is 0 Å². The quantitative estimate of drug-likeness (QED) is 0.544. The Morgan fingerprint density at radius 1 is 1.12 bits per heavy atom. The van der Waals surface area contributed by atoms with E-state index < -0.39 is 7.47 Å². The van der Waals surface area contributed by atoms with E-state index >= 15 is 0 Å². The fourth-order valence-electron chi connectivity index (χ4n) is 1.98. The molecule has 0 amide bonds. The van der Waals surface area contributed by atoms with Crippen LogP contribution in [0.4, 0.5) is 0 Å². The zero-order valence-electron chi connectivity index (χ0n) is 12.2. The van der Waals surface area contributed by atoms with Gasteiger partial charge in [-0.15, -0.1) is 0 Å². The van der Waals surface area contributed by atoms with Gasteiger partial charge in [0.25, 0.3) is 14.5 Å². The van der Waals surface area contributed by atoms with Gasteiger partial charge in [-0.25, -0.2) is 0 Å². The zero-order valence-corrected chi connectivity index (χ0v) is 13.1. The average Bonchev–Trinajstić information content (AvgIpc) is 2.14. The van der Waals surface area contributed by atoms with Gasteiger partial charge in [0.05, 0.1) is 0 Å². The maximum Gasteiger partial charge on any atom is 0.273 e. The number of rotatable bonds is 7. The average molecular weight is 262 g/mol. The van der Waals surface area contributed by atoms with Crippen LogP contribution in [-0.4, -0.2) is 16.8 Å². The Hall–Kier alpha value is 0.215. The summed E-state index contributed by atoms with van der Waals surface area (Å²) in [5.74, 6) is 0.0725. The summed E-state index contributed by atoms with van der Waals surface area (Å²) in [4.78, 5) is 18.5. The van der Waals surface area contributed by atoms with Crippen molar-refractivity contribution in [3.63, 3.8) is 0 Å². The van der Waals surface area contributed by atoms with Crippen LogP contribution in [0.15, 0.2) is 0 Å². The minimum absolute atomic E-state index is 0.0112. The third-order valence-electron chi connectivity index (χ3n) is 4.23. The predicted octanol–water partition coefficient (Wildman–Crippen LogP) is 3.57. The third kappa shape index (κ3) is 6.64. The van der Waals surface area contributed by atoms with E-state index in [4.69, 9.17) is 0 Å². The lowest BCUT2D eigenvalue weighted by Crippen LogP contribution is -2.28. The van der Waals surface area contributed by atoms with Gasteiger partial charge in [-0.3, -0.25) is 4.57 Å². The molecule has 0 saturated carbocycles.